The number of carbonyl (C=O) groups excluding carboxylic acids is 1. The topological polar surface area (TPSA) is 86.4 Å². The molecule has 0 saturated carbocycles. The lowest BCUT2D eigenvalue weighted by molar-refractivity contribution is 0.0698. The van der Waals surface area contributed by atoms with Crippen molar-refractivity contribution >= 4 is 38.4 Å². The number of hydrogen-bond acceptors (Lipinski definition) is 4. The highest BCUT2D eigenvalue weighted by atomic mass is 35.5. The predicted molar refractivity (Wildman–Crippen MR) is 132 cm³/mol. The number of nitrogens with one attached hydrogen (secondary N) is 1. The minimum Gasteiger partial charge on any atom is -0.345 e. The SMILES string of the molecule is Cc1cc(-c2ccc(C(=O)N3CCN(S(=O)(=O)c4cc5cc(Cl)ccc5[nH]4)CC3)cc2)ccn1. The van der Waals surface area contributed by atoms with E-state index in [1.54, 1.807) is 35.4 Å². The van der Waals surface area contributed by atoms with Crippen molar-refractivity contribution in [2.24, 2.45) is 0 Å². The number of benzene rings is 2. The van der Waals surface area contributed by atoms with E-state index in [0.717, 1.165) is 22.2 Å². The van der Waals surface area contributed by atoms with Gasteiger partial charge in [0.25, 0.3) is 15.9 Å². The highest BCUT2D eigenvalue weighted by molar-refractivity contribution is 7.89. The van der Waals surface area contributed by atoms with Gasteiger partial charge >= 0.3 is 0 Å². The molecule has 1 fully saturated rings. The van der Waals surface area contributed by atoms with E-state index in [2.05, 4.69) is 9.97 Å². The summed E-state index contributed by atoms with van der Waals surface area (Å²) in [5, 5.41) is 1.42. The van der Waals surface area contributed by atoms with Crippen LogP contribution in [0.4, 0.5) is 0 Å². The summed E-state index contributed by atoms with van der Waals surface area (Å²) in [6.07, 6.45) is 1.77. The van der Waals surface area contributed by atoms with Crippen LogP contribution in [-0.4, -0.2) is 59.7 Å². The Morgan fingerprint density at radius 2 is 1.68 bits per heavy atom. The van der Waals surface area contributed by atoms with Gasteiger partial charge in [-0.2, -0.15) is 4.31 Å². The van der Waals surface area contributed by atoms with E-state index < -0.39 is 10.0 Å². The molecule has 1 aliphatic heterocycles. The molecule has 0 unspecified atom stereocenters. The summed E-state index contributed by atoms with van der Waals surface area (Å²) >= 11 is 6.02. The van der Waals surface area contributed by atoms with Gasteiger partial charge in [-0.3, -0.25) is 9.78 Å². The summed E-state index contributed by atoms with van der Waals surface area (Å²) in [6.45, 7) is 3.07. The van der Waals surface area contributed by atoms with Gasteiger partial charge in [0.15, 0.2) is 0 Å². The molecular formula is C25H23ClN4O3S. The third-order valence-electron chi connectivity index (χ3n) is 6.06. The Kier molecular flexibility index (Phi) is 5.89. The van der Waals surface area contributed by atoms with Gasteiger partial charge < -0.3 is 9.88 Å². The fraction of sp³-hybridized carbons (Fsp3) is 0.200. The number of fused-ring (bicyclic) bond motifs is 1. The number of hydrogen-bond donors (Lipinski definition) is 1. The minimum atomic E-state index is -3.70. The second-order valence-electron chi connectivity index (χ2n) is 8.32. The number of H-pyrrole nitrogens is 1. The lowest BCUT2D eigenvalue weighted by atomic mass is 10.0. The highest BCUT2D eigenvalue weighted by Crippen LogP contribution is 2.25. The molecule has 34 heavy (non-hydrogen) atoms. The molecule has 0 aliphatic carbocycles. The lowest BCUT2D eigenvalue weighted by Crippen LogP contribution is -2.50. The van der Waals surface area contributed by atoms with Gasteiger partial charge in [-0.05, 0) is 66.6 Å². The standard InChI is InChI=1S/C25H23ClN4O3S/c1-17-14-20(8-9-27-17)18-2-4-19(5-3-18)25(31)29-10-12-30(13-11-29)34(32,33)24-16-21-15-22(26)6-7-23(21)28-24/h2-9,14-16,28H,10-13H2,1H3. The number of aromatic nitrogens is 2. The normalized spacial score (nSPS) is 15.1. The number of aromatic amines is 1. The van der Waals surface area contributed by atoms with Crippen LogP contribution >= 0.6 is 11.6 Å². The molecule has 9 heteroatoms. The molecule has 1 amide bonds. The quantitative estimate of drug-likeness (QED) is 0.457. The van der Waals surface area contributed by atoms with Crippen LogP contribution in [0.5, 0.6) is 0 Å². The van der Waals surface area contributed by atoms with Crippen LogP contribution in [0.3, 0.4) is 0 Å². The second kappa shape index (κ2) is 8.87. The van der Waals surface area contributed by atoms with Crippen LogP contribution in [0.1, 0.15) is 16.1 Å². The Labute approximate surface area is 203 Å². The highest BCUT2D eigenvalue weighted by Gasteiger charge is 2.31. The summed E-state index contributed by atoms with van der Waals surface area (Å²) < 4.78 is 27.7. The summed E-state index contributed by atoms with van der Waals surface area (Å²) in [5.41, 5.74) is 4.28. The van der Waals surface area contributed by atoms with Gasteiger partial charge in [-0.15, -0.1) is 0 Å². The first-order chi connectivity index (χ1) is 16.3. The fourth-order valence-electron chi connectivity index (χ4n) is 4.20. The molecule has 1 N–H and O–H groups in total. The number of aryl methyl sites for hydroxylation is 1. The molecule has 5 rings (SSSR count). The zero-order chi connectivity index (χ0) is 23.9. The van der Waals surface area contributed by atoms with E-state index in [-0.39, 0.29) is 24.0 Å². The van der Waals surface area contributed by atoms with E-state index >= 15 is 0 Å². The fourth-order valence-corrected chi connectivity index (χ4v) is 5.82. The van der Waals surface area contributed by atoms with Gasteiger partial charge in [0.05, 0.1) is 0 Å². The monoisotopic (exact) mass is 494 g/mol. The van der Waals surface area contributed by atoms with Crippen LogP contribution < -0.4 is 0 Å². The van der Waals surface area contributed by atoms with E-state index in [9.17, 15) is 13.2 Å². The molecule has 1 aliphatic rings. The molecule has 174 valence electrons. The molecule has 3 heterocycles. The maximum Gasteiger partial charge on any atom is 0.258 e. The molecule has 0 spiro atoms. The number of carbonyl (C=O) groups is 1. The number of amides is 1. The second-order valence-corrected chi connectivity index (χ2v) is 10.7. The predicted octanol–water partition coefficient (Wildman–Crippen LogP) is 4.34. The molecule has 1 saturated heterocycles. The third-order valence-corrected chi connectivity index (χ3v) is 8.12. The largest absolute Gasteiger partial charge is 0.345 e. The Balaban J connectivity index is 1.26. The van der Waals surface area contributed by atoms with Gasteiger partial charge in [0, 0.05) is 59.6 Å². The number of sulfonamides is 1. The van der Waals surface area contributed by atoms with Gasteiger partial charge in [0.1, 0.15) is 5.03 Å². The van der Waals surface area contributed by atoms with Gasteiger partial charge in [0.2, 0.25) is 0 Å². The van der Waals surface area contributed by atoms with Crippen molar-refractivity contribution < 1.29 is 13.2 Å². The lowest BCUT2D eigenvalue weighted by Gasteiger charge is -2.33. The van der Waals surface area contributed by atoms with Gasteiger partial charge in [-0.25, -0.2) is 8.42 Å². The maximum absolute atomic E-state index is 13.1. The smallest absolute Gasteiger partial charge is 0.258 e. The Hall–Kier alpha value is -3.20. The summed E-state index contributed by atoms with van der Waals surface area (Å²) in [6, 6.07) is 18.2. The van der Waals surface area contributed by atoms with Crippen LogP contribution in [0.2, 0.25) is 5.02 Å². The van der Waals surface area contributed by atoms with Crippen LogP contribution in [0, 0.1) is 6.92 Å². The van der Waals surface area contributed by atoms with Crippen LogP contribution in [0.15, 0.2) is 71.9 Å². The number of rotatable bonds is 4. The van der Waals surface area contributed by atoms with E-state index in [1.807, 2.05) is 43.3 Å². The zero-order valence-electron chi connectivity index (χ0n) is 18.5. The van der Waals surface area contributed by atoms with Crippen molar-refractivity contribution in [1.82, 2.24) is 19.2 Å². The van der Waals surface area contributed by atoms with E-state index in [1.165, 1.54) is 4.31 Å². The van der Waals surface area contributed by atoms with Crippen molar-refractivity contribution in [3.63, 3.8) is 0 Å². The van der Waals surface area contributed by atoms with Crippen molar-refractivity contribution in [3.8, 4) is 11.1 Å². The third kappa shape index (κ3) is 4.32. The number of pyridine rings is 1. The Morgan fingerprint density at radius 1 is 0.941 bits per heavy atom. The number of nitrogens with zero attached hydrogens (tertiary/aromatic N) is 3. The average molecular weight is 495 g/mol. The molecule has 0 radical (unpaired) electrons. The first-order valence-corrected chi connectivity index (χ1v) is 12.7. The molecular weight excluding hydrogens is 472 g/mol. The first kappa shape index (κ1) is 22.6. The van der Waals surface area contributed by atoms with E-state index in [0.29, 0.717) is 29.2 Å². The van der Waals surface area contributed by atoms with Crippen molar-refractivity contribution in [3.05, 3.63) is 83.1 Å². The summed E-state index contributed by atoms with van der Waals surface area (Å²) in [5.74, 6) is -0.102. The maximum atomic E-state index is 13.1. The molecule has 0 atom stereocenters. The van der Waals surface area contributed by atoms with Gasteiger partial charge in [-0.1, -0.05) is 23.7 Å². The minimum absolute atomic E-state index is 0.102. The van der Waals surface area contributed by atoms with E-state index in [4.69, 9.17) is 11.6 Å². The molecule has 0 bridgehead atoms. The van der Waals surface area contributed by atoms with Crippen LogP contribution in [0.25, 0.3) is 22.0 Å². The van der Waals surface area contributed by atoms with Crippen LogP contribution in [-0.2, 0) is 10.0 Å². The van der Waals surface area contributed by atoms with Crippen molar-refractivity contribution in [2.45, 2.75) is 11.9 Å². The molecule has 7 nitrogen and oxygen atoms in total. The molecule has 4 aromatic rings. The summed E-state index contributed by atoms with van der Waals surface area (Å²) in [7, 11) is -3.70. The summed E-state index contributed by atoms with van der Waals surface area (Å²) in [4.78, 5) is 21.9. The molecule has 2 aromatic carbocycles. The molecule has 2 aromatic heterocycles. The Morgan fingerprint density at radius 3 is 2.38 bits per heavy atom. The number of halogens is 1. The average Bonchev–Trinajstić information content (AvgIpc) is 3.28. The van der Waals surface area contributed by atoms with Crippen molar-refractivity contribution in [2.75, 3.05) is 26.2 Å². The van der Waals surface area contributed by atoms with Crippen molar-refractivity contribution in [1.29, 1.82) is 0 Å². The zero-order valence-corrected chi connectivity index (χ0v) is 20.1. The Bertz CT molecular complexity index is 1470. The number of piperazine rings is 1. The first-order valence-electron chi connectivity index (χ1n) is 10.9.